The van der Waals surface area contributed by atoms with Gasteiger partial charge in [0.2, 0.25) is 17.3 Å². The summed E-state index contributed by atoms with van der Waals surface area (Å²) in [6.07, 6.45) is 4.31. The van der Waals surface area contributed by atoms with Crippen molar-refractivity contribution in [2.75, 3.05) is 0 Å². The van der Waals surface area contributed by atoms with Crippen molar-refractivity contribution in [1.82, 2.24) is 30.4 Å². The van der Waals surface area contributed by atoms with Crippen molar-refractivity contribution in [2.45, 2.75) is 6.54 Å². The summed E-state index contributed by atoms with van der Waals surface area (Å²) in [7, 11) is 0. The molecule has 0 saturated carbocycles. The van der Waals surface area contributed by atoms with E-state index in [1.165, 1.54) is 24.8 Å². The van der Waals surface area contributed by atoms with E-state index in [0.29, 0.717) is 11.3 Å². The van der Waals surface area contributed by atoms with Gasteiger partial charge in [-0.15, -0.1) is 0 Å². The van der Waals surface area contributed by atoms with Gasteiger partial charge in [-0.2, -0.15) is 4.98 Å². The molecule has 0 radical (unpaired) electrons. The fourth-order valence-corrected chi connectivity index (χ4v) is 1.66. The lowest BCUT2D eigenvalue weighted by atomic mass is 10.2. The maximum absolute atomic E-state index is 11.7. The fourth-order valence-electron chi connectivity index (χ4n) is 1.66. The number of nitrogens with one attached hydrogen (secondary N) is 3. The highest BCUT2D eigenvalue weighted by Gasteiger charge is 2.11. The van der Waals surface area contributed by atoms with Crippen LogP contribution in [0.3, 0.4) is 0 Å². The number of hydrogen-bond acceptors (Lipinski definition) is 6. The predicted octanol–water partition coefficient (Wildman–Crippen LogP) is 0.0780. The smallest absolute Gasteiger partial charge is 0.269 e. The molecule has 0 spiro atoms. The summed E-state index contributed by atoms with van der Waals surface area (Å²) in [5, 5.41) is 6.36. The highest BCUT2D eigenvalue weighted by Crippen LogP contribution is 2.12. The van der Waals surface area contributed by atoms with Crippen LogP contribution >= 0.6 is 0 Å². The molecule has 21 heavy (non-hydrogen) atoms. The zero-order chi connectivity index (χ0) is 14.7. The predicted molar refractivity (Wildman–Crippen MR) is 70.1 cm³/mol. The molecule has 0 aromatic carbocycles. The molecular weight excluding hydrogens is 276 g/mol. The van der Waals surface area contributed by atoms with E-state index in [0.717, 1.165) is 0 Å². The average molecular weight is 286 g/mol. The fraction of sp³-hybridized carbons (Fsp3) is 0.0833. The van der Waals surface area contributed by atoms with Crippen molar-refractivity contribution >= 4 is 5.91 Å². The van der Waals surface area contributed by atoms with Gasteiger partial charge in [0.05, 0.1) is 19.1 Å². The molecule has 0 unspecified atom stereocenters. The zero-order valence-corrected chi connectivity index (χ0v) is 10.7. The molecular formula is C12H10N6O3. The van der Waals surface area contributed by atoms with E-state index >= 15 is 0 Å². The Morgan fingerprint density at radius 1 is 1.38 bits per heavy atom. The highest BCUT2D eigenvalue weighted by molar-refractivity contribution is 5.91. The molecule has 9 heteroatoms. The largest absolute Gasteiger partial charge is 0.342 e. The van der Waals surface area contributed by atoms with Gasteiger partial charge in [0.15, 0.2) is 0 Å². The Morgan fingerprint density at radius 2 is 2.29 bits per heavy atom. The molecule has 0 fully saturated rings. The minimum Gasteiger partial charge on any atom is -0.342 e. The number of H-pyrrole nitrogens is 2. The van der Waals surface area contributed by atoms with Gasteiger partial charge in [0.25, 0.3) is 5.91 Å². The topological polar surface area (TPSA) is 130 Å². The molecule has 3 rings (SSSR count). The first-order valence-corrected chi connectivity index (χ1v) is 6.00. The lowest BCUT2D eigenvalue weighted by Crippen LogP contribution is -2.23. The van der Waals surface area contributed by atoms with Gasteiger partial charge in [0.1, 0.15) is 5.69 Å². The summed E-state index contributed by atoms with van der Waals surface area (Å²) < 4.78 is 5.01. The second kappa shape index (κ2) is 5.41. The number of carbonyl (C=O) groups is 1. The Morgan fingerprint density at radius 3 is 3.05 bits per heavy atom. The van der Waals surface area contributed by atoms with E-state index in [9.17, 15) is 9.59 Å². The number of aromatic nitrogens is 5. The van der Waals surface area contributed by atoms with Crippen molar-refractivity contribution in [1.29, 1.82) is 0 Å². The molecule has 0 aliphatic carbocycles. The van der Waals surface area contributed by atoms with E-state index in [4.69, 9.17) is 4.52 Å². The van der Waals surface area contributed by atoms with Gasteiger partial charge in [-0.25, -0.2) is 4.98 Å². The van der Waals surface area contributed by atoms with Gasteiger partial charge in [-0.3, -0.25) is 9.59 Å². The summed E-state index contributed by atoms with van der Waals surface area (Å²) >= 11 is 0. The first-order valence-electron chi connectivity index (χ1n) is 6.00. The second-order valence-corrected chi connectivity index (χ2v) is 4.10. The third kappa shape index (κ3) is 2.86. The van der Waals surface area contributed by atoms with Crippen LogP contribution in [-0.4, -0.2) is 31.0 Å². The number of amides is 1. The SMILES string of the molecule is O=C(NCc1nc(-c2cc[nH]c(=O)c2)no1)c1cnc[nH]1. The maximum Gasteiger partial charge on any atom is 0.269 e. The molecule has 0 aliphatic rings. The molecule has 0 aliphatic heterocycles. The van der Waals surface area contributed by atoms with E-state index in [1.54, 1.807) is 6.07 Å². The summed E-state index contributed by atoms with van der Waals surface area (Å²) in [6, 6.07) is 3.01. The summed E-state index contributed by atoms with van der Waals surface area (Å²) in [5.74, 6) is 0.188. The van der Waals surface area contributed by atoms with Gasteiger partial charge in [-0.1, -0.05) is 5.16 Å². The van der Waals surface area contributed by atoms with Crippen LogP contribution in [0.4, 0.5) is 0 Å². The van der Waals surface area contributed by atoms with Crippen molar-refractivity contribution in [2.24, 2.45) is 0 Å². The van der Waals surface area contributed by atoms with Crippen molar-refractivity contribution < 1.29 is 9.32 Å². The molecule has 3 aromatic rings. The maximum atomic E-state index is 11.7. The number of rotatable bonds is 4. The average Bonchev–Trinajstić information content (AvgIpc) is 3.16. The third-order valence-electron chi connectivity index (χ3n) is 2.64. The van der Waals surface area contributed by atoms with Crippen LogP contribution in [0.2, 0.25) is 0 Å². The number of aromatic amines is 2. The van der Waals surface area contributed by atoms with Crippen molar-refractivity contribution in [3.05, 3.63) is 52.8 Å². The minimum atomic E-state index is -0.330. The summed E-state index contributed by atoms with van der Waals surface area (Å²) in [6.45, 7) is 0.0774. The van der Waals surface area contributed by atoms with Gasteiger partial charge < -0.3 is 19.8 Å². The van der Waals surface area contributed by atoms with Gasteiger partial charge in [-0.05, 0) is 6.07 Å². The molecule has 3 aromatic heterocycles. The van der Waals surface area contributed by atoms with E-state index in [1.807, 2.05) is 0 Å². The second-order valence-electron chi connectivity index (χ2n) is 4.10. The lowest BCUT2D eigenvalue weighted by molar-refractivity contribution is 0.0942. The Balaban J connectivity index is 1.68. The summed E-state index contributed by atoms with van der Waals surface area (Å²) in [4.78, 5) is 35.9. The van der Waals surface area contributed by atoms with Gasteiger partial charge >= 0.3 is 0 Å². The van der Waals surface area contributed by atoms with Crippen LogP contribution in [0, 0.1) is 0 Å². The van der Waals surface area contributed by atoms with Crippen molar-refractivity contribution in [3.63, 3.8) is 0 Å². The van der Waals surface area contributed by atoms with Crippen LogP contribution in [0.5, 0.6) is 0 Å². The monoisotopic (exact) mass is 286 g/mol. The molecule has 3 N–H and O–H groups in total. The Hall–Kier alpha value is -3.23. The Labute approximate surface area is 117 Å². The quantitative estimate of drug-likeness (QED) is 0.622. The number of imidazole rings is 1. The summed E-state index contributed by atoms with van der Waals surface area (Å²) in [5.41, 5.74) is 0.615. The minimum absolute atomic E-state index is 0.0774. The van der Waals surface area contributed by atoms with Crippen LogP contribution < -0.4 is 10.9 Å². The standard InChI is InChI=1S/C12H10N6O3/c19-9-3-7(1-2-14-9)11-17-10(21-18-11)5-15-12(20)8-4-13-6-16-8/h1-4,6H,5H2,(H,13,16)(H,14,19)(H,15,20). The number of carbonyl (C=O) groups excluding carboxylic acids is 1. The first kappa shape index (κ1) is 12.8. The molecule has 3 heterocycles. The normalized spacial score (nSPS) is 10.5. The zero-order valence-electron chi connectivity index (χ0n) is 10.7. The molecule has 0 bridgehead atoms. The number of nitrogens with zero attached hydrogens (tertiary/aromatic N) is 3. The first-order chi connectivity index (χ1) is 10.2. The van der Waals surface area contributed by atoms with Gasteiger partial charge in [0, 0.05) is 17.8 Å². The number of pyridine rings is 1. The molecule has 9 nitrogen and oxygen atoms in total. The Kier molecular flexibility index (Phi) is 3.29. The lowest BCUT2D eigenvalue weighted by Gasteiger charge is -1.98. The van der Waals surface area contributed by atoms with Crippen LogP contribution in [-0.2, 0) is 6.54 Å². The molecule has 106 valence electrons. The van der Waals surface area contributed by atoms with E-state index in [2.05, 4.69) is 30.4 Å². The van der Waals surface area contributed by atoms with E-state index in [-0.39, 0.29) is 29.7 Å². The van der Waals surface area contributed by atoms with E-state index < -0.39 is 0 Å². The highest BCUT2D eigenvalue weighted by atomic mass is 16.5. The van der Waals surface area contributed by atoms with Crippen molar-refractivity contribution in [3.8, 4) is 11.4 Å². The van der Waals surface area contributed by atoms with Crippen LogP contribution in [0.25, 0.3) is 11.4 Å². The molecule has 1 amide bonds. The Bertz CT molecular complexity index is 804. The molecule has 0 saturated heterocycles. The van der Waals surface area contributed by atoms with Crippen LogP contribution in [0.15, 0.2) is 40.2 Å². The van der Waals surface area contributed by atoms with Crippen LogP contribution in [0.1, 0.15) is 16.4 Å². The number of hydrogen-bond donors (Lipinski definition) is 3. The third-order valence-corrected chi connectivity index (χ3v) is 2.64. The molecule has 0 atom stereocenters.